The lowest BCUT2D eigenvalue weighted by Crippen LogP contribution is -2.44. The summed E-state index contributed by atoms with van der Waals surface area (Å²) >= 11 is 3.40. The van der Waals surface area contributed by atoms with Gasteiger partial charge < -0.3 is 10.2 Å². The standard InChI is InChI=1S/C18H19BrN2O3S/c19-14-5-4-6-15(11-14)20-12-18(22)21(16-7-2-1-3-8-16)17-9-10-25(23,24)13-17/h1-8,11,17,20H,9-10,12-13H2/t17-/m0/s1. The minimum absolute atomic E-state index is 0.0184. The monoisotopic (exact) mass is 422 g/mol. The van der Waals surface area contributed by atoms with E-state index in [-0.39, 0.29) is 30.0 Å². The molecular formula is C18H19BrN2O3S. The highest BCUT2D eigenvalue weighted by atomic mass is 79.9. The van der Waals surface area contributed by atoms with Gasteiger partial charge in [-0.1, -0.05) is 40.2 Å². The molecule has 5 nitrogen and oxygen atoms in total. The van der Waals surface area contributed by atoms with Crippen molar-refractivity contribution >= 4 is 43.0 Å². The Morgan fingerprint density at radius 3 is 2.56 bits per heavy atom. The quantitative estimate of drug-likeness (QED) is 0.803. The van der Waals surface area contributed by atoms with Crippen molar-refractivity contribution in [3.8, 4) is 0 Å². The topological polar surface area (TPSA) is 66.5 Å². The maximum atomic E-state index is 12.9. The summed E-state index contributed by atoms with van der Waals surface area (Å²) < 4.78 is 24.6. The zero-order chi connectivity index (χ0) is 17.9. The van der Waals surface area contributed by atoms with Gasteiger partial charge in [0.05, 0.1) is 24.1 Å². The third-order valence-corrected chi connectivity index (χ3v) is 6.39. The lowest BCUT2D eigenvalue weighted by atomic mass is 10.1. The molecule has 1 atom stereocenters. The number of hydrogen-bond acceptors (Lipinski definition) is 4. The summed E-state index contributed by atoms with van der Waals surface area (Å²) in [6, 6.07) is 16.5. The Bertz CT molecular complexity index is 856. The van der Waals surface area contributed by atoms with Crippen LogP contribution in [0.2, 0.25) is 0 Å². The molecule has 1 N–H and O–H groups in total. The molecule has 1 aliphatic heterocycles. The molecule has 1 fully saturated rings. The number of anilines is 2. The molecule has 0 unspecified atom stereocenters. The van der Waals surface area contributed by atoms with Crippen molar-refractivity contribution in [1.29, 1.82) is 0 Å². The van der Waals surface area contributed by atoms with Crippen molar-refractivity contribution in [2.24, 2.45) is 0 Å². The molecule has 0 radical (unpaired) electrons. The molecular weight excluding hydrogens is 404 g/mol. The Hall–Kier alpha value is -1.86. The Balaban J connectivity index is 1.78. The van der Waals surface area contributed by atoms with E-state index in [0.29, 0.717) is 6.42 Å². The Kier molecular flexibility index (Phi) is 5.44. The summed E-state index contributed by atoms with van der Waals surface area (Å²) in [7, 11) is -3.08. The summed E-state index contributed by atoms with van der Waals surface area (Å²) in [5, 5.41) is 3.11. The number of nitrogens with zero attached hydrogens (tertiary/aromatic N) is 1. The van der Waals surface area contributed by atoms with Crippen molar-refractivity contribution < 1.29 is 13.2 Å². The second-order valence-electron chi connectivity index (χ2n) is 6.02. The van der Waals surface area contributed by atoms with Crippen molar-refractivity contribution in [3.63, 3.8) is 0 Å². The fraction of sp³-hybridized carbons (Fsp3) is 0.278. The van der Waals surface area contributed by atoms with Crippen LogP contribution in [0.25, 0.3) is 0 Å². The third kappa shape index (κ3) is 4.61. The van der Waals surface area contributed by atoms with Crippen LogP contribution in [0.5, 0.6) is 0 Å². The number of sulfone groups is 1. The summed E-state index contributed by atoms with van der Waals surface area (Å²) in [6.45, 7) is 0.0991. The molecule has 7 heteroatoms. The largest absolute Gasteiger partial charge is 0.376 e. The Labute approximate surface area is 156 Å². The molecule has 2 aromatic carbocycles. The van der Waals surface area contributed by atoms with E-state index in [1.165, 1.54) is 0 Å². The summed E-state index contributed by atoms with van der Waals surface area (Å²) in [5.41, 5.74) is 1.56. The average molecular weight is 423 g/mol. The highest BCUT2D eigenvalue weighted by Gasteiger charge is 2.35. The van der Waals surface area contributed by atoms with Gasteiger partial charge in [-0.3, -0.25) is 4.79 Å². The van der Waals surface area contributed by atoms with E-state index in [2.05, 4.69) is 21.2 Å². The highest BCUT2D eigenvalue weighted by molar-refractivity contribution is 9.10. The van der Waals surface area contributed by atoms with Crippen molar-refractivity contribution in [2.45, 2.75) is 12.5 Å². The van der Waals surface area contributed by atoms with Gasteiger partial charge in [-0.2, -0.15) is 0 Å². The predicted molar refractivity (Wildman–Crippen MR) is 104 cm³/mol. The molecule has 3 rings (SSSR count). The van der Waals surface area contributed by atoms with Gasteiger partial charge >= 0.3 is 0 Å². The molecule has 0 bridgehead atoms. The van der Waals surface area contributed by atoms with Crippen LogP contribution in [0.3, 0.4) is 0 Å². The molecule has 1 aliphatic rings. The average Bonchev–Trinajstić information content (AvgIpc) is 2.94. The first-order valence-electron chi connectivity index (χ1n) is 8.01. The van der Waals surface area contributed by atoms with Crippen LogP contribution in [-0.4, -0.2) is 38.4 Å². The third-order valence-electron chi connectivity index (χ3n) is 4.14. The number of carbonyl (C=O) groups is 1. The highest BCUT2D eigenvalue weighted by Crippen LogP contribution is 2.25. The van der Waals surface area contributed by atoms with Gasteiger partial charge in [0.2, 0.25) is 5.91 Å². The van der Waals surface area contributed by atoms with Crippen LogP contribution in [-0.2, 0) is 14.6 Å². The normalized spacial score (nSPS) is 18.7. The zero-order valence-electron chi connectivity index (χ0n) is 13.6. The number of rotatable bonds is 5. The van der Waals surface area contributed by atoms with Crippen molar-refractivity contribution in [3.05, 3.63) is 59.1 Å². The molecule has 1 heterocycles. The molecule has 1 saturated heterocycles. The number of halogens is 1. The maximum absolute atomic E-state index is 12.9. The summed E-state index contributed by atoms with van der Waals surface area (Å²) in [5.74, 6) is 0.00554. The second kappa shape index (κ2) is 7.58. The lowest BCUT2D eigenvalue weighted by Gasteiger charge is -2.28. The minimum atomic E-state index is -3.08. The van der Waals surface area contributed by atoms with Crippen molar-refractivity contribution in [2.75, 3.05) is 28.3 Å². The Morgan fingerprint density at radius 2 is 1.92 bits per heavy atom. The summed E-state index contributed by atoms with van der Waals surface area (Å²) in [4.78, 5) is 14.5. The molecule has 0 aromatic heterocycles. The van der Waals surface area contributed by atoms with Gasteiger partial charge in [0.25, 0.3) is 0 Å². The fourth-order valence-electron chi connectivity index (χ4n) is 2.99. The van der Waals surface area contributed by atoms with Gasteiger partial charge in [0.1, 0.15) is 0 Å². The molecule has 2 aromatic rings. The SMILES string of the molecule is O=C(CNc1cccc(Br)c1)N(c1ccccc1)[C@H]1CCS(=O)(=O)C1. The van der Waals surface area contributed by atoms with Gasteiger partial charge in [0.15, 0.2) is 9.84 Å². The zero-order valence-corrected chi connectivity index (χ0v) is 16.0. The maximum Gasteiger partial charge on any atom is 0.246 e. The number of benzene rings is 2. The second-order valence-corrected chi connectivity index (χ2v) is 9.16. The van der Waals surface area contributed by atoms with Gasteiger partial charge in [-0.05, 0) is 36.8 Å². The fourth-order valence-corrected chi connectivity index (χ4v) is 5.09. The molecule has 0 aliphatic carbocycles. The summed E-state index contributed by atoms with van der Waals surface area (Å²) in [6.07, 6.45) is 0.472. The van der Waals surface area contributed by atoms with E-state index in [0.717, 1.165) is 15.8 Å². The van der Waals surface area contributed by atoms with E-state index in [1.807, 2.05) is 54.6 Å². The van der Waals surface area contributed by atoms with Crippen LogP contribution < -0.4 is 10.2 Å². The van der Waals surface area contributed by atoms with Crippen LogP contribution in [0.1, 0.15) is 6.42 Å². The number of para-hydroxylation sites is 1. The van der Waals surface area contributed by atoms with Crippen LogP contribution in [0.4, 0.5) is 11.4 Å². The first kappa shape index (κ1) is 17.9. The number of carbonyl (C=O) groups excluding carboxylic acids is 1. The number of hydrogen-bond donors (Lipinski definition) is 1. The number of nitrogens with one attached hydrogen (secondary N) is 1. The molecule has 25 heavy (non-hydrogen) atoms. The first-order valence-corrected chi connectivity index (χ1v) is 10.6. The smallest absolute Gasteiger partial charge is 0.246 e. The first-order chi connectivity index (χ1) is 11.9. The van der Waals surface area contributed by atoms with Gasteiger partial charge in [-0.15, -0.1) is 0 Å². The van der Waals surface area contributed by atoms with Crippen LogP contribution >= 0.6 is 15.9 Å². The van der Waals surface area contributed by atoms with E-state index < -0.39 is 9.84 Å². The van der Waals surface area contributed by atoms with E-state index in [1.54, 1.807) is 4.90 Å². The van der Waals surface area contributed by atoms with Gasteiger partial charge in [-0.25, -0.2) is 8.42 Å². The predicted octanol–water partition coefficient (Wildman–Crippen LogP) is 3.08. The minimum Gasteiger partial charge on any atom is -0.376 e. The Morgan fingerprint density at radius 1 is 1.16 bits per heavy atom. The van der Waals surface area contributed by atoms with E-state index in [9.17, 15) is 13.2 Å². The van der Waals surface area contributed by atoms with Crippen LogP contribution in [0, 0.1) is 0 Å². The molecule has 1 amide bonds. The van der Waals surface area contributed by atoms with E-state index >= 15 is 0 Å². The molecule has 132 valence electrons. The molecule has 0 spiro atoms. The molecule has 0 saturated carbocycles. The lowest BCUT2D eigenvalue weighted by molar-refractivity contribution is -0.117. The van der Waals surface area contributed by atoms with Gasteiger partial charge in [0, 0.05) is 15.8 Å². The van der Waals surface area contributed by atoms with Crippen LogP contribution in [0.15, 0.2) is 59.1 Å². The van der Waals surface area contributed by atoms with Crippen molar-refractivity contribution in [1.82, 2.24) is 0 Å². The van der Waals surface area contributed by atoms with E-state index in [4.69, 9.17) is 0 Å². The number of amides is 1.